The molecule has 1 aromatic rings. The van der Waals surface area contributed by atoms with Crippen molar-refractivity contribution in [3.63, 3.8) is 0 Å². The van der Waals surface area contributed by atoms with Gasteiger partial charge in [-0.05, 0) is 43.7 Å². The van der Waals surface area contributed by atoms with Crippen LogP contribution in [-0.4, -0.2) is 6.04 Å². The maximum absolute atomic E-state index is 3.67. The molecule has 0 aliphatic heterocycles. The number of hydrogen-bond acceptors (Lipinski definition) is 1. The number of benzene rings is 1. The number of anilines is 1. The number of rotatable bonds is 3. The molecule has 0 radical (unpaired) electrons. The normalized spacial score (nSPS) is 25.5. The van der Waals surface area contributed by atoms with E-state index in [-0.39, 0.29) is 0 Å². The Labute approximate surface area is 92.9 Å². The van der Waals surface area contributed by atoms with E-state index in [2.05, 4.69) is 43.4 Å². The molecular formula is C14H21N. The Bertz CT molecular complexity index is 319. The van der Waals surface area contributed by atoms with Gasteiger partial charge in [0.25, 0.3) is 0 Å². The molecule has 1 aliphatic rings. The van der Waals surface area contributed by atoms with E-state index in [4.69, 9.17) is 0 Å². The van der Waals surface area contributed by atoms with Crippen molar-refractivity contribution in [2.24, 2.45) is 5.92 Å². The Morgan fingerprint density at radius 1 is 1.27 bits per heavy atom. The Balaban J connectivity index is 1.96. The van der Waals surface area contributed by atoms with Crippen LogP contribution < -0.4 is 5.32 Å². The van der Waals surface area contributed by atoms with Crippen molar-refractivity contribution in [2.75, 3.05) is 5.32 Å². The van der Waals surface area contributed by atoms with E-state index in [1.165, 1.54) is 36.9 Å². The molecule has 82 valence electrons. The van der Waals surface area contributed by atoms with Crippen LogP contribution >= 0.6 is 0 Å². The first-order chi connectivity index (χ1) is 7.29. The maximum atomic E-state index is 3.67. The molecule has 1 saturated carbocycles. The summed E-state index contributed by atoms with van der Waals surface area (Å²) in [5.74, 6) is 0.950. The van der Waals surface area contributed by atoms with Crippen molar-refractivity contribution in [3.05, 3.63) is 29.8 Å². The van der Waals surface area contributed by atoms with Crippen molar-refractivity contribution in [1.82, 2.24) is 0 Å². The van der Waals surface area contributed by atoms with Crippen LogP contribution in [0.5, 0.6) is 0 Å². The largest absolute Gasteiger partial charge is 0.382 e. The van der Waals surface area contributed by atoms with Crippen molar-refractivity contribution >= 4 is 5.69 Å². The summed E-state index contributed by atoms with van der Waals surface area (Å²) in [5, 5.41) is 3.67. The molecule has 2 atom stereocenters. The highest BCUT2D eigenvalue weighted by atomic mass is 14.9. The van der Waals surface area contributed by atoms with E-state index in [0.29, 0.717) is 6.04 Å². The highest BCUT2D eigenvalue weighted by molar-refractivity contribution is 5.51. The highest BCUT2D eigenvalue weighted by Crippen LogP contribution is 2.30. The molecular weight excluding hydrogens is 182 g/mol. The predicted molar refractivity (Wildman–Crippen MR) is 66.2 cm³/mol. The second-order valence-electron chi connectivity index (χ2n) is 4.74. The van der Waals surface area contributed by atoms with Gasteiger partial charge < -0.3 is 5.32 Å². The third-order valence-corrected chi connectivity index (χ3v) is 3.62. The van der Waals surface area contributed by atoms with E-state index in [1.54, 1.807) is 0 Å². The lowest BCUT2D eigenvalue weighted by molar-refractivity contribution is 0.525. The zero-order valence-corrected chi connectivity index (χ0v) is 9.79. The molecule has 0 bridgehead atoms. The van der Waals surface area contributed by atoms with Gasteiger partial charge in [0.05, 0.1) is 0 Å². The monoisotopic (exact) mass is 203 g/mol. The third-order valence-electron chi connectivity index (χ3n) is 3.62. The fraction of sp³-hybridized carbons (Fsp3) is 0.571. The summed E-state index contributed by atoms with van der Waals surface area (Å²) < 4.78 is 0. The lowest BCUT2D eigenvalue weighted by atomic mass is 10.1. The van der Waals surface area contributed by atoms with Crippen molar-refractivity contribution < 1.29 is 0 Å². The van der Waals surface area contributed by atoms with E-state index in [1.807, 2.05) is 0 Å². The summed E-state index contributed by atoms with van der Waals surface area (Å²) in [7, 11) is 0. The molecule has 1 heteroatoms. The van der Waals surface area contributed by atoms with Gasteiger partial charge >= 0.3 is 0 Å². The lowest BCUT2D eigenvalue weighted by Crippen LogP contribution is -2.16. The van der Waals surface area contributed by atoms with Crippen LogP contribution in [0.1, 0.15) is 38.2 Å². The van der Waals surface area contributed by atoms with Gasteiger partial charge in [0.15, 0.2) is 0 Å². The molecule has 1 nitrogen and oxygen atoms in total. The van der Waals surface area contributed by atoms with Gasteiger partial charge in [-0.15, -0.1) is 0 Å². The van der Waals surface area contributed by atoms with Gasteiger partial charge in [0, 0.05) is 11.7 Å². The summed E-state index contributed by atoms with van der Waals surface area (Å²) in [4.78, 5) is 0. The second-order valence-corrected chi connectivity index (χ2v) is 4.74. The van der Waals surface area contributed by atoms with Crippen LogP contribution in [0.25, 0.3) is 0 Å². The van der Waals surface area contributed by atoms with Crippen LogP contribution in [0.3, 0.4) is 0 Å². The van der Waals surface area contributed by atoms with Gasteiger partial charge in [-0.1, -0.05) is 31.5 Å². The molecule has 2 rings (SSSR count). The predicted octanol–water partition coefficient (Wildman–Crippen LogP) is 3.99. The van der Waals surface area contributed by atoms with Crippen LogP contribution in [0.4, 0.5) is 5.69 Å². The molecule has 15 heavy (non-hydrogen) atoms. The van der Waals surface area contributed by atoms with E-state index < -0.39 is 0 Å². The van der Waals surface area contributed by atoms with Crippen molar-refractivity contribution in [2.45, 2.75) is 45.6 Å². The Morgan fingerprint density at radius 3 is 2.73 bits per heavy atom. The van der Waals surface area contributed by atoms with Gasteiger partial charge in [-0.3, -0.25) is 0 Å². The quantitative estimate of drug-likeness (QED) is 0.783. The first-order valence-electron chi connectivity index (χ1n) is 6.11. The minimum atomic E-state index is 0.705. The molecule has 1 N–H and O–H groups in total. The second kappa shape index (κ2) is 4.69. The number of hydrogen-bond donors (Lipinski definition) is 1. The Kier molecular flexibility index (Phi) is 3.30. The fourth-order valence-corrected chi connectivity index (χ4v) is 2.53. The topological polar surface area (TPSA) is 12.0 Å². The standard InChI is InChI=1S/C14H21N/c1-3-12-8-9-13(10-12)15-14-7-5-4-6-11(14)2/h4-7,12-13,15H,3,8-10H2,1-2H3. The van der Waals surface area contributed by atoms with Gasteiger partial charge in [0.1, 0.15) is 0 Å². The zero-order valence-electron chi connectivity index (χ0n) is 9.79. The molecule has 0 saturated heterocycles. The number of aryl methyl sites for hydroxylation is 1. The molecule has 1 aliphatic carbocycles. The van der Waals surface area contributed by atoms with E-state index in [9.17, 15) is 0 Å². The molecule has 1 aromatic carbocycles. The molecule has 1 fully saturated rings. The summed E-state index contributed by atoms with van der Waals surface area (Å²) in [5.41, 5.74) is 2.68. The minimum absolute atomic E-state index is 0.705. The molecule has 0 aromatic heterocycles. The van der Waals surface area contributed by atoms with Gasteiger partial charge in [-0.2, -0.15) is 0 Å². The Morgan fingerprint density at radius 2 is 2.07 bits per heavy atom. The molecule has 0 amide bonds. The van der Waals surface area contributed by atoms with Crippen molar-refractivity contribution in [3.8, 4) is 0 Å². The van der Waals surface area contributed by atoms with Gasteiger partial charge in [0.2, 0.25) is 0 Å². The average molecular weight is 203 g/mol. The smallest absolute Gasteiger partial charge is 0.0372 e. The first-order valence-corrected chi connectivity index (χ1v) is 6.11. The van der Waals surface area contributed by atoms with Gasteiger partial charge in [-0.25, -0.2) is 0 Å². The van der Waals surface area contributed by atoms with Crippen molar-refractivity contribution in [1.29, 1.82) is 0 Å². The fourth-order valence-electron chi connectivity index (χ4n) is 2.53. The van der Waals surface area contributed by atoms with Crippen LogP contribution in [0, 0.1) is 12.8 Å². The summed E-state index contributed by atoms with van der Waals surface area (Å²) in [6.45, 7) is 4.48. The van der Waals surface area contributed by atoms with Crippen LogP contribution in [-0.2, 0) is 0 Å². The highest BCUT2D eigenvalue weighted by Gasteiger charge is 2.23. The number of nitrogens with one attached hydrogen (secondary N) is 1. The first kappa shape index (κ1) is 10.5. The summed E-state index contributed by atoms with van der Waals surface area (Å²) in [6, 6.07) is 9.28. The SMILES string of the molecule is CCC1CCC(Nc2ccccc2C)C1. The zero-order chi connectivity index (χ0) is 10.7. The summed E-state index contributed by atoms with van der Waals surface area (Å²) >= 11 is 0. The molecule has 2 unspecified atom stereocenters. The number of para-hydroxylation sites is 1. The molecule has 0 spiro atoms. The van der Waals surface area contributed by atoms with E-state index in [0.717, 1.165) is 5.92 Å². The van der Waals surface area contributed by atoms with Crippen LogP contribution in [0.15, 0.2) is 24.3 Å². The van der Waals surface area contributed by atoms with Crippen LogP contribution in [0.2, 0.25) is 0 Å². The Hall–Kier alpha value is -0.980. The maximum Gasteiger partial charge on any atom is 0.0372 e. The molecule has 0 heterocycles. The average Bonchev–Trinajstić information content (AvgIpc) is 2.69. The lowest BCUT2D eigenvalue weighted by Gasteiger charge is -2.16. The summed E-state index contributed by atoms with van der Waals surface area (Å²) in [6.07, 6.45) is 5.43. The van der Waals surface area contributed by atoms with E-state index >= 15 is 0 Å². The minimum Gasteiger partial charge on any atom is -0.382 e. The third kappa shape index (κ3) is 2.53.